The highest BCUT2D eigenvalue weighted by Crippen LogP contribution is 2.36. The largest absolute Gasteiger partial charge is 0.422 e. The second kappa shape index (κ2) is 10.1. The van der Waals surface area contributed by atoms with Gasteiger partial charge in [-0.3, -0.25) is 14.5 Å². The van der Waals surface area contributed by atoms with Crippen molar-refractivity contribution in [2.45, 2.75) is 6.54 Å². The fourth-order valence-electron chi connectivity index (χ4n) is 3.08. The Kier molecular flexibility index (Phi) is 7.24. The van der Waals surface area contributed by atoms with Gasteiger partial charge in [0.2, 0.25) is 0 Å². The number of para-hydroxylation sites is 1. The summed E-state index contributed by atoms with van der Waals surface area (Å²) in [6, 6.07) is 18.6. The van der Waals surface area contributed by atoms with E-state index in [1.807, 2.05) is 24.3 Å². The lowest BCUT2D eigenvalue weighted by molar-refractivity contribution is -0.123. The minimum Gasteiger partial charge on any atom is -0.422 e. The molecule has 1 fully saturated rings. The molecule has 1 saturated heterocycles. The number of carbonyl (C=O) groups excluding carboxylic acids is 3. The van der Waals surface area contributed by atoms with E-state index in [1.165, 1.54) is 29.2 Å². The normalized spacial score (nSPS) is 14.8. The number of benzene rings is 3. The van der Waals surface area contributed by atoms with Gasteiger partial charge in [-0.25, -0.2) is 4.79 Å². The zero-order valence-corrected chi connectivity index (χ0v) is 20.7. The summed E-state index contributed by atoms with van der Waals surface area (Å²) in [4.78, 5) is 39.5. The molecule has 0 spiro atoms. The van der Waals surface area contributed by atoms with Crippen LogP contribution in [0.4, 0.5) is 4.79 Å². The predicted molar refractivity (Wildman–Crippen MR) is 134 cm³/mol. The van der Waals surface area contributed by atoms with Gasteiger partial charge in [0, 0.05) is 15.1 Å². The standard InChI is InChI=1S/C24H14BrCl2NO4S/c25-18-7-3-1-6-15(18)13-28-22(29)21(33-24(28)31)11-14-5-2-4-8-20(14)32-23(30)17-10-9-16(26)12-19(17)27/h1-12H,13H2/b21-11-. The number of halogens is 3. The van der Waals surface area contributed by atoms with Crippen LogP contribution in [-0.2, 0) is 11.3 Å². The Labute approximate surface area is 212 Å². The zero-order valence-electron chi connectivity index (χ0n) is 16.8. The third-order valence-corrected chi connectivity index (χ3v) is 6.95. The van der Waals surface area contributed by atoms with Gasteiger partial charge in [0.1, 0.15) is 5.75 Å². The molecule has 0 bridgehead atoms. The van der Waals surface area contributed by atoms with Crippen LogP contribution in [0.1, 0.15) is 21.5 Å². The van der Waals surface area contributed by atoms with Crippen molar-refractivity contribution >= 4 is 74.1 Å². The maximum Gasteiger partial charge on any atom is 0.345 e. The molecule has 0 radical (unpaired) electrons. The van der Waals surface area contributed by atoms with Crippen molar-refractivity contribution in [3.63, 3.8) is 0 Å². The van der Waals surface area contributed by atoms with Gasteiger partial charge >= 0.3 is 5.97 Å². The highest BCUT2D eigenvalue weighted by molar-refractivity contribution is 9.10. The maximum absolute atomic E-state index is 12.9. The molecule has 0 N–H and O–H groups in total. The highest BCUT2D eigenvalue weighted by Gasteiger charge is 2.35. The van der Waals surface area contributed by atoms with Crippen LogP contribution in [0.25, 0.3) is 6.08 Å². The van der Waals surface area contributed by atoms with Gasteiger partial charge in [-0.2, -0.15) is 0 Å². The molecule has 0 saturated carbocycles. The lowest BCUT2D eigenvalue weighted by atomic mass is 10.1. The van der Waals surface area contributed by atoms with E-state index in [9.17, 15) is 14.4 Å². The lowest BCUT2D eigenvalue weighted by Gasteiger charge is -2.13. The molecule has 2 amide bonds. The van der Waals surface area contributed by atoms with Crippen molar-refractivity contribution in [3.05, 3.63) is 103 Å². The molecule has 4 rings (SSSR count). The van der Waals surface area contributed by atoms with Gasteiger partial charge in [0.05, 0.1) is 22.0 Å². The average Bonchev–Trinajstić information content (AvgIpc) is 3.04. The van der Waals surface area contributed by atoms with Crippen molar-refractivity contribution < 1.29 is 19.1 Å². The van der Waals surface area contributed by atoms with E-state index in [0.717, 1.165) is 21.8 Å². The summed E-state index contributed by atoms with van der Waals surface area (Å²) < 4.78 is 6.34. The number of amides is 2. The Morgan fingerprint density at radius 2 is 1.76 bits per heavy atom. The molecule has 1 aliphatic heterocycles. The predicted octanol–water partition coefficient (Wildman–Crippen LogP) is 7.21. The van der Waals surface area contributed by atoms with Gasteiger partial charge in [-0.05, 0) is 53.7 Å². The third kappa shape index (κ3) is 5.33. The van der Waals surface area contributed by atoms with Crippen LogP contribution in [0.2, 0.25) is 10.0 Å². The number of imide groups is 1. The molecule has 0 atom stereocenters. The molecular weight excluding hydrogens is 549 g/mol. The van der Waals surface area contributed by atoms with Gasteiger partial charge in [-0.1, -0.05) is 75.5 Å². The van der Waals surface area contributed by atoms with E-state index >= 15 is 0 Å². The average molecular weight is 563 g/mol. The van der Waals surface area contributed by atoms with E-state index in [4.69, 9.17) is 27.9 Å². The molecule has 9 heteroatoms. The highest BCUT2D eigenvalue weighted by atomic mass is 79.9. The van der Waals surface area contributed by atoms with E-state index in [1.54, 1.807) is 24.3 Å². The summed E-state index contributed by atoms with van der Waals surface area (Å²) in [6.45, 7) is 0.148. The molecule has 166 valence electrons. The molecule has 0 aromatic heterocycles. The molecule has 0 aliphatic carbocycles. The van der Waals surface area contributed by atoms with Gasteiger partial charge < -0.3 is 4.74 Å². The van der Waals surface area contributed by atoms with E-state index in [-0.39, 0.29) is 33.0 Å². The number of hydrogen-bond acceptors (Lipinski definition) is 5. The monoisotopic (exact) mass is 561 g/mol. The van der Waals surface area contributed by atoms with Crippen LogP contribution in [-0.4, -0.2) is 22.0 Å². The Balaban J connectivity index is 1.57. The fraction of sp³-hybridized carbons (Fsp3) is 0.0417. The second-order valence-electron chi connectivity index (χ2n) is 6.91. The quantitative estimate of drug-likeness (QED) is 0.187. The SMILES string of the molecule is O=C(Oc1ccccc1/C=C1\SC(=O)N(Cc2ccccc2Br)C1=O)c1ccc(Cl)cc1Cl. The van der Waals surface area contributed by atoms with Crippen molar-refractivity contribution in [2.75, 3.05) is 0 Å². The number of thioether (sulfide) groups is 1. The number of nitrogens with zero attached hydrogens (tertiary/aromatic N) is 1. The fourth-order valence-corrected chi connectivity index (χ4v) is 4.80. The van der Waals surface area contributed by atoms with Gasteiger partial charge in [-0.15, -0.1) is 0 Å². The zero-order chi connectivity index (χ0) is 23.5. The minimum atomic E-state index is -0.667. The Morgan fingerprint density at radius 1 is 1.03 bits per heavy atom. The van der Waals surface area contributed by atoms with Gasteiger partial charge in [0.15, 0.2) is 0 Å². The number of rotatable bonds is 5. The van der Waals surface area contributed by atoms with Crippen LogP contribution in [0.15, 0.2) is 76.1 Å². The topological polar surface area (TPSA) is 63.7 Å². The number of ether oxygens (including phenoxy) is 1. The smallest absolute Gasteiger partial charge is 0.345 e. The summed E-state index contributed by atoms with van der Waals surface area (Å²) >= 11 is 16.3. The lowest BCUT2D eigenvalue weighted by Crippen LogP contribution is -2.27. The van der Waals surface area contributed by atoms with Crippen molar-refractivity contribution in [1.29, 1.82) is 0 Å². The Bertz CT molecular complexity index is 1310. The van der Waals surface area contributed by atoms with Crippen molar-refractivity contribution in [3.8, 4) is 5.75 Å². The van der Waals surface area contributed by atoms with Gasteiger partial charge in [0.25, 0.3) is 11.1 Å². The molecule has 33 heavy (non-hydrogen) atoms. The minimum absolute atomic E-state index is 0.148. The van der Waals surface area contributed by atoms with Crippen molar-refractivity contribution in [1.82, 2.24) is 4.90 Å². The summed E-state index contributed by atoms with van der Waals surface area (Å²) in [5.74, 6) is -0.853. The molecule has 3 aromatic carbocycles. The summed E-state index contributed by atoms with van der Waals surface area (Å²) in [6.07, 6.45) is 1.54. The van der Waals surface area contributed by atoms with Crippen LogP contribution >= 0.6 is 50.9 Å². The molecule has 0 unspecified atom stereocenters. The van der Waals surface area contributed by atoms with Crippen LogP contribution in [0.5, 0.6) is 5.75 Å². The van der Waals surface area contributed by atoms with E-state index in [0.29, 0.717) is 10.6 Å². The number of hydrogen-bond donors (Lipinski definition) is 0. The number of carbonyl (C=O) groups is 3. The van der Waals surface area contributed by atoms with Crippen LogP contribution in [0.3, 0.4) is 0 Å². The number of esters is 1. The van der Waals surface area contributed by atoms with E-state index in [2.05, 4.69) is 15.9 Å². The Morgan fingerprint density at radius 3 is 2.52 bits per heavy atom. The maximum atomic E-state index is 12.9. The van der Waals surface area contributed by atoms with E-state index < -0.39 is 11.9 Å². The van der Waals surface area contributed by atoms with Crippen molar-refractivity contribution in [2.24, 2.45) is 0 Å². The third-order valence-electron chi connectivity index (χ3n) is 4.72. The second-order valence-corrected chi connectivity index (χ2v) is 9.60. The van der Waals surface area contributed by atoms with Crippen LogP contribution in [0, 0.1) is 0 Å². The summed E-state index contributed by atoms with van der Waals surface area (Å²) in [5, 5.41) is 0.192. The summed E-state index contributed by atoms with van der Waals surface area (Å²) in [5.41, 5.74) is 1.45. The molecule has 1 heterocycles. The molecular formula is C24H14BrCl2NO4S. The molecule has 3 aromatic rings. The van der Waals surface area contributed by atoms with Crippen LogP contribution < -0.4 is 4.74 Å². The molecule has 1 aliphatic rings. The first-order valence-corrected chi connectivity index (χ1v) is 11.9. The molecule has 5 nitrogen and oxygen atoms in total. The Hall–Kier alpha value is -2.58. The first-order chi connectivity index (χ1) is 15.8. The first-order valence-electron chi connectivity index (χ1n) is 9.58. The first kappa shape index (κ1) is 23.6. The summed E-state index contributed by atoms with van der Waals surface area (Å²) in [7, 11) is 0.